The van der Waals surface area contributed by atoms with Crippen LogP contribution in [0.5, 0.6) is 0 Å². The van der Waals surface area contributed by atoms with E-state index in [2.05, 4.69) is 140 Å². The van der Waals surface area contributed by atoms with Crippen molar-refractivity contribution in [3.05, 3.63) is 200 Å². The third-order valence-electron chi connectivity index (χ3n) is 10.2. The van der Waals surface area contributed by atoms with Crippen LogP contribution in [-0.4, -0.2) is 15.0 Å². The van der Waals surface area contributed by atoms with Gasteiger partial charge in [-0.05, 0) is 56.6 Å². The summed E-state index contributed by atoms with van der Waals surface area (Å²) < 4.78 is 6.14. The molecule has 0 atom stereocenters. The Kier molecular flexibility index (Phi) is 8.12. The molecule has 10 aromatic rings. The lowest BCUT2D eigenvalue weighted by atomic mass is 9.96. The Labute approximate surface area is 319 Å². The molecule has 2 heterocycles. The summed E-state index contributed by atoms with van der Waals surface area (Å²) in [7, 11) is 0. The molecule has 2 aromatic heterocycles. The Morgan fingerprint density at radius 3 is 1.27 bits per heavy atom. The van der Waals surface area contributed by atoms with Gasteiger partial charge in [0, 0.05) is 27.5 Å². The van der Waals surface area contributed by atoms with E-state index in [4.69, 9.17) is 19.4 Å². The molecule has 8 aromatic carbocycles. The fourth-order valence-corrected chi connectivity index (χ4v) is 7.41. The zero-order valence-corrected chi connectivity index (χ0v) is 29.8. The van der Waals surface area contributed by atoms with Crippen molar-refractivity contribution in [2.75, 3.05) is 0 Å². The van der Waals surface area contributed by atoms with Crippen LogP contribution < -0.4 is 0 Å². The molecule has 0 aliphatic rings. The van der Waals surface area contributed by atoms with Gasteiger partial charge in [-0.3, -0.25) is 0 Å². The highest BCUT2D eigenvalue weighted by Crippen LogP contribution is 2.38. The molecular formula is C51H33N3O. The van der Waals surface area contributed by atoms with Gasteiger partial charge in [0.05, 0.1) is 0 Å². The van der Waals surface area contributed by atoms with Crippen LogP contribution in [0.2, 0.25) is 0 Å². The third-order valence-corrected chi connectivity index (χ3v) is 10.2. The van der Waals surface area contributed by atoms with E-state index < -0.39 is 0 Å². The van der Waals surface area contributed by atoms with Crippen LogP contribution in [0, 0.1) is 0 Å². The van der Waals surface area contributed by atoms with Gasteiger partial charge in [-0.2, -0.15) is 0 Å². The lowest BCUT2D eigenvalue weighted by molar-refractivity contribution is 0.669. The average Bonchev–Trinajstić information content (AvgIpc) is 3.66. The number of aromatic nitrogens is 3. The molecule has 0 fully saturated rings. The smallest absolute Gasteiger partial charge is 0.164 e. The molecule has 10 rings (SSSR count). The molecule has 4 heteroatoms. The molecule has 0 saturated carbocycles. The standard InChI is InChI=1S/C51H33N3O/c1-3-12-38(13-4-1)42-16-7-8-17-44(42)51-53-49(40-14-5-2-6-15-40)52-50(54-51)41-32-28-37(29-33-41)35-24-22-34(23-25-35)36-26-30-39(31-27-36)43-19-11-21-47-48(43)45-18-9-10-20-46(45)55-47/h1-33H. The Hall–Kier alpha value is -7.43. The van der Waals surface area contributed by atoms with Crippen molar-refractivity contribution in [2.45, 2.75) is 0 Å². The molecule has 55 heavy (non-hydrogen) atoms. The minimum Gasteiger partial charge on any atom is -0.456 e. The van der Waals surface area contributed by atoms with E-state index in [-0.39, 0.29) is 0 Å². The second-order valence-electron chi connectivity index (χ2n) is 13.6. The van der Waals surface area contributed by atoms with Crippen LogP contribution in [0.4, 0.5) is 0 Å². The normalized spacial score (nSPS) is 11.3. The summed E-state index contributed by atoms with van der Waals surface area (Å²) in [5, 5.41) is 2.29. The van der Waals surface area contributed by atoms with Gasteiger partial charge in [-0.1, -0.05) is 188 Å². The Bertz CT molecular complexity index is 2930. The number of hydrogen-bond donors (Lipinski definition) is 0. The van der Waals surface area contributed by atoms with Crippen molar-refractivity contribution >= 4 is 21.9 Å². The Morgan fingerprint density at radius 1 is 0.255 bits per heavy atom. The molecule has 0 radical (unpaired) electrons. The minimum absolute atomic E-state index is 0.634. The summed E-state index contributed by atoms with van der Waals surface area (Å²) >= 11 is 0. The van der Waals surface area contributed by atoms with Crippen molar-refractivity contribution in [3.63, 3.8) is 0 Å². The van der Waals surface area contributed by atoms with Crippen LogP contribution in [0.25, 0.3) is 101 Å². The number of rotatable bonds is 7. The van der Waals surface area contributed by atoms with E-state index in [1.165, 1.54) is 22.3 Å². The van der Waals surface area contributed by atoms with Gasteiger partial charge in [0.2, 0.25) is 0 Å². The minimum atomic E-state index is 0.634. The molecule has 0 saturated heterocycles. The second kappa shape index (κ2) is 13.8. The number of fused-ring (bicyclic) bond motifs is 3. The maximum atomic E-state index is 6.14. The first-order chi connectivity index (χ1) is 27.2. The topological polar surface area (TPSA) is 51.8 Å². The van der Waals surface area contributed by atoms with Crippen molar-refractivity contribution in [2.24, 2.45) is 0 Å². The van der Waals surface area contributed by atoms with E-state index >= 15 is 0 Å². The summed E-state index contributed by atoms with van der Waals surface area (Å²) in [6.45, 7) is 0. The Balaban J connectivity index is 0.939. The van der Waals surface area contributed by atoms with E-state index in [1.54, 1.807) is 0 Å². The Morgan fingerprint density at radius 2 is 0.655 bits per heavy atom. The van der Waals surface area contributed by atoms with Crippen LogP contribution in [0.15, 0.2) is 205 Å². The first-order valence-corrected chi connectivity index (χ1v) is 18.4. The molecule has 4 nitrogen and oxygen atoms in total. The highest BCUT2D eigenvalue weighted by atomic mass is 16.3. The summed E-state index contributed by atoms with van der Waals surface area (Å²) in [4.78, 5) is 15.0. The molecule has 0 aliphatic heterocycles. The van der Waals surface area contributed by atoms with Gasteiger partial charge in [-0.15, -0.1) is 0 Å². The third kappa shape index (κ3) is 6.16. The number of hydrogen-bond acceptors (Lipinski definition) is 4. The fourth-order valence-electron chi connectivity index (χ4n) is 7.41. The monoisotopic (exact) mass is 703 g/mol. The van der Waals surface area contributed by atoms with Crippen molar-refractivity contribution in [1.82, 2.24) is 15.0 Å². The zero-order valence-electron chi connectivity index (χ0n) is 29.8. The molecule has 0 bridgehead atoms. The highest BCUT2D eigenvalue weighted by Gasteiger charge is 2.16. The maximum Gasteiger partial charge on any atom is 0.164 e. The number of para-hydroxylation sites is 1. The predicted octanol–water partition coefficient (Wildman–Crippen LogP) is 13.4. The van der Waals surface area contributed by atoms with Crippen LogP contribution in [-0.2, 0) is 0 Å². The molecule has 0 amide bonds. The predicted molar refractivity (Wildman–Crippen MR) is 225 cm³/mol. The van der Waals surface area contributed by atoms with E-state index in [1.807, 2.05) is 60.7 Å². The molecule has 0 unspecified atom stereocenters. The van der Waals surface area contributed by atoms with Crippen molar-refractivity contribution < 1.29 is 4.42 Å². The number of benzene rings is 8. The van der Waals surface area contributed by atoms with Gasteiger partial charge < -0.3 is 4.42 Å². The van der Waals surface area contributed by atoms with E-state index in [9.17, 15) is 0 Å². The van der Waals surface area contributed by atoms with Gasteiger partial charge in [-0.25, -0.2) is 15.0 Å². The average molecular weight is 704 g/mol. The summed E-state index contributed by atoms with van der Waals surface area (Å²) in [5.41, 5.74) is 13.8. The first-order valence-electron chi connectivity index (χ1n) is 18.4. The second-order valence-corrected chi connectivity index (χ2v) is 13.6. The molecule has 0 aliphatic carbocycles. The zero-order chi connectivity index (χ0) is 36.6. The van der Waals surface area contributed by atoms with Crippen molar-refractivity contribution in [3.8, 4) is 78.7 Å². The molecule has 0 spiro atoms. The van der Waals surface area contributed by atoms with Crippen molar-refractivity contribution in [1.29, 1.82) is 0 Å². The van der Waals surface area contributed by atoms with Gasteiger partial charge in [0.15, 0.2) is 17.5 Å². The van der Waals surface area contributed by atoms with E-state index in [0.717, 1.165) is 60.9 Å². The maximum absolute atomic E-state index is 6.14. The lowest BCUT2D eigenvalue weighted by Gasteiger charge is -2.12. The fraction of sp³-hybridized carbons (Fsp3) is 0. The van der Waals surface area contributed by atoms with Gasteiger partial charge in [0.1, 0.15) is 11.2 Å². The number of nitrogens with zero attached hydrogens (tertiary/aromatic N) is 3. The summed E-state index contributed by atoms with van der Waals surface area (Å²) in [5.74, 6) is 1.92. The molecule has 0 N–H and O–H groups in total. The van der Waals surface area contributed by atoms with E-state index in [0.29, 0.717) is 17.5 Å². The summed E-state index contributed by atoms with van der Waals surface area (Å²) in [6, 6.07) is 69.3. The summed E-state index contributed by atoms with van der Waals surface area (Å²) in [6.07, 6.45) is 0. The van der Waals surface area contributed by atoms with Gasteiger partial charge >= 0.3 is 0 Å². The van der Waals surface area contributed by atoms with Crippen LogP contribution in [0.3, 0.4) is 0 Å². The van der Waals surface area contributed by atoms with Crippen LogP contribution in [0.1, 0.15) is 0 Å². The quantitative estimate of drug-likeness (QED) is 0.166. The molecule has 258 valence electrons. The van der Waals surface area contributed by atoms with Crippen LogP contribution >= 0.6 is 0 Å². The number of furan rings is 1. The van der Waals surface area contributed by atoms with Gasteiger partial charge in [0.25, 0.3) is 0 Å². The SMILES string of the molecule is c1ccc(-c2nc(-c3ccc(-c4ccc(-c5ccc(-c6cccc7oc8ccccc8c67)cc5)cc4)cc3)nc(-c3ccccc3-c3ccccc3)n2)cc1. The molecular weight excluding hydrogens is 671 g/mol. The largest absolute Gasteiger partial charge is 0.456 e. The highest BCUT2D eigenvalue weighted by molar-refractivity contribution is 6.12. The first kappa shape index (κ1) is 32.2. The lowest BCUT2D eigenvalue weighted by Crippen LogP contribution is -2.01.